The molecule has 7 rings (SSSR count). The highest BCUT2D eigenvalue weighted by atomic mass is 14.8. The number of fused-ring (bicyclic) bond motifs is 12. The Bertz CT molecular complexity index is 1750. The van der Waals surface area contributed by atoms with Crippen LogP contribution in [0, 0.1) is 6.92 Å². The van der Waals surface area contributed by atoms with Gasteiger partial charge in [0.2, 0.25) is 0 Å². The molecular formula is C36H32N2. The summed E-state index contributed by atoms with van der Waals surface area (Å²) >= 11 is 0. The topological polar surface area (TPSA) is 28.1 Å². The zero-order chi connectivity index (χ0) is 26.0. The normalized spacial score (nSPS) is 17.4. The average Bonchev–Trinajstić information content (AvgIpc) is 3.63. The van der Waals surface area contributed by atoms with Crippen molar-refractivity contribution in [3.8, 4) is 0 Å². The molecule has 3 heterocycles. The second-order valence-corrected chi connectivity index (χ2v) is 10.7. The molecule has 1 aromatic heterocycles. The van der Waals surface area contributed by atoms with Gasteiger partial charge in [-0.2, -0.15) is 0 Å². The van der Waals surface area contributed by atoms with Gasteiger partial charge < -0.3 is 4.98 Å². The summed E-state index contributed by atoms with van der Waals surface area (Å²) in [7, 11) is 0. The Morgan fingerprint density at radius 1 is 0.684 bits per heavy atom. The highest BCUT2D eigenvalue weighted by Crippen LogP contribution is 2.45. The number of allylic oxidation sites excluding steroid dienone is 9. The SMILES string of the molecule is CCC1=C(C)C2=NC1=Cc1[nH]c(c(C)c1CC)C=C1C=C(C=C3CC(=C2)c2ccccc23)c2ccccc21. The second kappa shape index (κ2) is 8.70. The zero-order valence-electron chi connectivity index (χ0n) is 22.6. The Balaban J connectivity index is 1.54. The minimum Gasteiger partial charge on any atom is -0.355 e. The summed E-state index contributed by atoms with van der Waals surface area (Å²) < 4.78 is 0. The van der Waals surface area contributed by atoms with E-state index >= 15 is 0 Å². The van der Waals surface area contributed by atoms with E-state index in [0.717, 1.165) is 30.7 Å². The Labute approximate surface area is 225 Å². The standard InChI is InChI=1S/C36H32N2/c1-5-27-21(3)33-18-25-16-23(29-11-7-9-13-31(25)29)15-24-17-26(32-14-10-8-12-30(24)32)19-34-22(4)28(6-2)36(38-34)20-35(27)37-33/h7-16,18-20,37H,5-6,17H2,1-4H3. The molecule has 0 fully saturated rings. The van der Waals surface area contributed by atoms with Crippen molar-refractivity contribution in [2.75, 3.05) is 0 Å². The van der Waals surface area contributed by atoms with Gasteiger partial charge in [0, 0.05) is 11.4 Å². The maximum Gasteiger partial charge on any atom is 0.0693 e. The molecule has 0 saturated carbocycles. The quantitative estimate of drug-likeness (QED) is 0.369. The summed E-state index contributed by atoms with van der Waals surface area (Å²) in [5.41, 5.74) is 20.4. The van der Waals surface area contributed by atoms with E-state index in [9.17, 15) is 0 Å². The average molecular weight is 493 g/mol. The fourth-order valence-electron chi connectivity index (χ4n) is 6.63. The molecule has 38 heavy (non-hydrogen) atoms. The third-order valence-corrected chi connectivity index (χ3v) is 8.63. The van der Waals surface area contributed by atoms with Gasteiger partial charge in [0.05, 0.1) is 11.4 Å². The molecule has 0 amide bonds. The molecule has 186 valence electrons. The second-order valence-electron chi connectivity index (χ2n) is 10.7. The van der Waals surface area contributed by atoms with Gasteiger partial charge >= 0.3 is 0 Å². The molecule has 0 atom stereocenters. The third-order valence-electron chi connectivity index (χ3n) is 8.63. The number of aromatic amines is 1. The summed E-state index contributed by atoms with van der Waals surface area (Å²) in [6.07, 6.45) is 14.6. The molecule has 2 heteroatoms. The van der Waals surface area contributed by atoms with Gasteiger partial charge in [-0.3, -0.25) is 0 Å². The Morgan fingerprint density at radius 3 is 1.97 bits per heavy atom. The largest absolute Gasteiger partial charge is 0.355 e. The fourth-order valence-corrected chi connectivity index (χ4v) is 6.63. The number of hydrogen-bond donors (Lipinski definition) is 1. The number of rotatable bonds is 2. The van der Waals surface area contributed by atoms with E-state index in [-0.39, 0.29) is 0 Å². The number of H-pyrrole nitrogens is 1. The molecular weight excluding hydrogens is 460 g/mol. The van der Waals surface area contributed by atoms with Crippen molar-refractivity contribution in [1.29, 1.82) is 0 Å². The summed E-state index contributed by atoms with van der Waals surface area (Å²) in [5.74, 6) is 0. The predicted octanol–water partition coefficient (Wildman–Crippen LogP) is 9.23. The number of nitrogens with one attached hydrogen (secondary N) is 1. The molecule has 0 saturated heterocycles. The van der Waals surface area contributed by atoms with Gasteiger partial charge in [-0.15, -0.1) is 0 Å². The van der Waals surface area contributed by atoms with Gasteiger partial charge in [0.25, 0.3) is 0 Å². The summed E-state index contributed by atoms with van der Waals surface area (Å²) in [6, 6.07) is 17.7. The van der Waals surface area contributed by atoms with Crippen LogP contribution in [-0.2, 0) is 6.42 Å². The molecule has 0 unspecified atom stereocenters. The van der Waals surface area contributed by atoms with Crippen molar-refractivity contribution in [2.45, 2.75) is 47.0 Å². The first-order valence-electron chi connectivity index (χ1n) is 13.8. The lowest BCUT2D eigenvalue weighted by molar-refractivity contribution is 1.09. The summed E-state index contributed by atoms with van der Waals surface area (Å²) in [6.45, 7) is 8.97. The van der Waals surface area contributed by atoms with E-state index in [1.807, 2.05) is 0 Å². The van der Waals surface area contributed by atoms with Crippen LogP contribution in [0.5, 0.6) is 0 Å². The first-order valence-corrected chi connectivity index (χ1v) is 13.8. The number of benzene rings is 2. The molecule has 2 aliphatic heterocycles. The van der Waals surface area contributed by atoms with Crippen molar-refractivity contribution in [2.24, 2.45) is 4.99 Å². The third kappa shape index (κ3) is 3.44. The van der Waals surface area contributed by atoms with Crippen molar-refractivity contribution in [3.63, 3.8) is 0 Å². The molecule has 2 nitrogen and oxygen atoms in total. The highest BCUT2D eigenvalue weighted by Gasteiger charge is 2.26. The molecule has 1 N–H and O–H groups in total. The van der Waals surface area contributed by atoms with Crippen LogP contribution in [0.25, 0.3) is 34.4 Å². The lowest BCUT2D eigenvalue weighted by Gasteiger charge is -2.04. The van der Waals surface area contributed by atoms with E-state index in [1.165, 1.54) is 78.2 Å². The van der Waals surface area contributed by atoms with Crippen LogP contribution in [0.2, 0.25) is 0 Å². The predicted molar refractivity (Wildman–Crippen MR) is 163 cm³/mol. The molecule has 0 radical (unpaired) electrons. The highest BCUT2D eigenvalue weighted by molar-refractivity contribution is 6.17. The van der Waals surface area contributed by atoms with Crippen molar-refractivity contribution in [1.82, 2.24) is 4.98 Å². The molecule has 8 bridgehead atoms. The Kier molecular flexibility index (Phi) is 5.26. The number of hydrogen-bond acceptors (Lipinski definition) is 1. The van der Waals surface area contributed by atoms with E-state index in [4.69, 9.17) is 4.99 Å². The van der Waals surface area contributed by atoms with Crippen molar-refractivity contribution >= 4 is 40.2 Å². The molecule has 4 aliphatic rings. The van der Waals surface area contributed by atoms with Crippen LogP contribution in [0.4, 0.5) is 0 Å². The van der Waals surface area contributed by atoms with Crippen molar-refractivity contribution in [3.05, 3.63) is 128 Å². The van der Waals surface area contributed by atoms with Gasteiger partial charge in [-0.05, 0) is 124 Å². The molecule has 0 spiro atoms. The van der Waals surface area contributed by atoms with E-state index in [0.29, 0.717) is 0 Å². The fraction of sp³-hybridized carbons (Fsp3) is 0.194. The number of nitrogens with zero attached hydrogens (tertiary/aromatic N) is 1. The van der Waals surface area contributed by atoms with Gasteiger partial charge in [0.15, 0.2) is 0 Å². The Morgan fingerprint density at radius 2 is 1.32 bits per heavy atom. The first kappa shape index (κ1) is 23.0. The summed E-state index contributed by atoms with van der Waals surface area (Å²) in [4.78, 5) is 8.99. The van der Waals surface area contributed by atoms with Crippen molar-refractivity contribution < 1.29 is 0 Å². The zero-order valence-corrected chi connectivity index (χ0v) is 22.6. The Hall–Kier alpha value is -4.17. The van der Waals surface area contributed by atoms with Crippen LogP contribution >= 0.6 is 0 Å². The summed E-state index contributed by atoms with van der Waals surface area (Å²) in [5, 5.41) is 0. The van der Waals surface area contributed by atoms with Crippen LogP contribution < -0.4 is 0 Å². The maximum absolute atomic E-state index is 5.21. The number of aliphatic imine (C=N–C) groups is 1. The smallest absolute Gasteiger partial charge is 0.0693 e. The van der Waals surface area contributed by atoms with Gasteiger partial charge in [0.1, 0.15) is 0 Å². The van der Waals surface area contributed by atoms with Gasteiger partial charge in [-0.1, -0.05) is 68.5 Å². The van der Waals surface area contributed by atoms with E-state index in [1.54, 1.807) is 0 Å². The van der Waals surface area contributed by atoms with Crippen LogP contribution in [0.3, 0.4) is 0 Å². The lowest BCUT2D eigenvalue weighted by atomic mass is 9.99. The van der Waals surface area contributed by atoms with Gasteiger partial charge in [-0.25, -0.2) is 4.99 Å². The lowest BCUT2D eigenvalue weighted by Crippen LogP contribution is -1.94. The first-order chi connectivity index (χ1) is 18.6. The molecule has 2 aliphatic carbocycles. The monoisotopic (exact) mass is 492 g/mol. The number of aromatic nitrogens is 1. The van der Waals surface area contributed by atoms with E-state index in [2.05, 4.69) is 112 Å². The minimum absolute atomic E-state index is 0.918. The van der Waals surface area contributed by atoms with E-state index < -0.39 is 0 Å². The maximum atomic E-state index is 5.21. The minimum atomic E-state index is 0.918. The molecule has 3 aromatic rings. The van der Waals surface area contributed by atoms with Crippen LogP contribution in [-0.4, -0.2) is 10.7 Å². The van der Waals surface area contributed by atoms with Crippen LogP contribution in [0.1, 0.15) is 78.4 Å². The van der Waals surface area contributed by atoms with Crippen LogP contribution in [0.15, 0.2) is 88.6 Å². The molecule has 2 aromatic carbocycles.